The number of ether oxygens (including phenoxy) is 5. The average Bonchev–Trinajstić information content (AvgIpc) is 2.87. The van der Waals surface area contributed by atoms with Crippen molar-refractivity contribution in [2.24, 2.45) is 0 Å². The minimum atomic E-state index is -1.24. The van der Waals surface area contributed by atoms with Crippen LogP contribution in [0.2, 0.25) is 0 Å². The van der Waals surface area contributed by atoms with Gasteiger partial charge in [-0.1, -0.05) is 30.3 Å². The van der Waals surface area contributed by atoms with E-state index < -0.39 is 54.3 Å². The molecule has 0 unspecified atom stereocenters. The Labute approximate surface area is 221 Å². The molecular weight excluding hydrogens is 502 g/mol. The van der Waals surface area contributed by atoms with Crippen LogP contribution in [0.1, 0.15) is 39.2 Å². The molecule has 2 atom stereocenters. The highest BCUT2D eigenvalue weighted by Crippen LogP contribution is 2.07. The molecule has 0 aliphatic heterocycles. The molecule has 3 amide bonds. The first kappa shape index (κ1) is 32.2. The summed E-state index contributed by atoms with van der Waals surface area (Å²) in [7, 11) is 2.55. The lowest BCUT2D eigenvalue weighted by atomic mass is 10.2. The first-order valence-corrected chi connectivity index (χ1v) is 11.9. The average molecular weight is 540 g/mol. The van der Waals surface area contributed by atoms with Crippen molar-refractivity contribution in [3.8, 4) is 0 Å². The van der Waals surface area contributed by atoms with Crippen LogP contribution in [0.5, 0.6) is 0 Å². The monoisotopic (exact) mass is 539 g/mol. The number of likely N-dealkylation sites (N-methyl/N-ethyl adjacent to an activating group) is 1. The summed E-state index contributed by atoms with van der Waals surface area (Å²) in [6, 6.07) is 6.81. The van der Waals surface area contributed by atoms with Gasteiger partial charge < -0.3 is 39.6 Å². The fraction of sp³-hybridized carbons (Fsp3) is 0.560. The number of hydrogen-bond donors (Lipinski definition) is 3. The van der Waals surface area contributed by atoms with Crippen LogP contribution in [0.15, 0.2) is 30.3 Å². The van der Waals surface area contributed by atoms with Gasteiger partial charge >= 0.3 is 24.1 Å². The van der Waals surface area contributed by atoms with Crippen molar-refractivity contribution < 1.29 is 47.7 Å². The lowest BCUT2D eigenvalue weighted by Gasteiger charge is -2.22. The molecule has 0 heterocycles. The second-order valence-corrected chi connectivity index (χ2v) is 8.96. The Morgan fingerprint density at radius 3 is 2.16 bits per heavy atom. The number of carbonyl (C=O) groups is 5. The Hall–Kier alpha value is -3.87. The lowest BCUT2D eigenvalue weighted by molar-refractivity contribution is -0.150. The minimum Gasteiger partial charge on any atom is -0.467 e. The van der Waals surface area contributed by atoms with E-state index in [2.05, 4.69) is 20.7 Å². The number of methoxy groups -OCH3 is 1. The lowest BCUT2D eigenvalue weighted by Crippen LogP contribution is -2.48. The SMILES string of the molecule is CNC(=O)[C@H](COCCCC(=O)OC[C@H](NC(=O)OC(C)(C)C)C(=O)OC)NC(=O)OCc1ccccc1. The highest BCUT2D eigenvalue weighted by atomic mass is 16.6. The van der Waals surface area contributed by atoms with E-state index in [-0.39, 0.29) is 32.7 Å². The molecule has 0 radical (unpaired) electrons. The van der Waals surface area contributed by atoms with Gasteiger partial charge in [-0.2, -0.15) is 0 Å². The number of hydrogen-bond acceptors (Lipinski definition) is 10. The van der Waals surface area contributed by atoms with Gasteiger partial charge in [0.05, 0.1) is 13.7 Å². The van der Waals surface area contributed by atoms with Gasteiger partial charge in [0.25, 0.3) is 0 Å². The number of benzene rings is 1. The zero-order valence-corrected chi connectivity index (χ0v) is 22.4. The van der Waals surface area contributed by atoms with Crippen LogP contribution in [0.25, 0.3) is 0 Å². The van der Waals surface area contributed by atoms with Gasteiger partial charge in [-0.3, -0.25) is 9.59 Å². The molecule has 1 aromatic carbocycles. The van der Waals surface area contributed by atoms with Crippen molar-refractivity contribution in [2.45, 2.75) is 57.9 Å². The van der Waals surface area contributed by atoms with Gasteiger partial charge in [0, 0.05) is 20.1 Å². The second kappa shape index (κ2) is 16.8. The molecule has 0 aliphatic rings. The van der Waals surface area contributed by atoms with Crippen molar-refractivity contribution >= 4 is 30.0 Å². The maximum absolute atomic E-state index is 12.1. The van der Waals surface area contributed by atoms with E-state index in [4.69, 9.17) is 18.9 Å². The highest BCUT2D eigenvalue weighted by molar-refractivity contribution is 5.85. The fourth-order valence-electron chi connectivity index (χ4n) is 2.79. The van der Waals surface area contributed by atoms with E-state index in [1.54, 1.807) is 32.9 Å². The van der Waals surface area contributed by atoms with Gasteiger partial charge in [0.15, 0.2) is 6.04 Å². The molecule has 38 heavy (non-hydrogen) atoms. The van der Waals surface area contributed by atoms with Gasteiger partial charge in [0.1, 0.15) is 24.9 Å². The van der Waals surface area contributed by atoms with Gasteiger partial charge in [-0.15, -0.1) is 0 Å². The van der Waals surface area contributed by atoms with E-state index in [9.17, 15) is 24.0 Å². The molecule has 1 aromatic rings. The summed E-state index contributed by atoms with van der Waals surface area (Å²) in [6.45, 7) is 4.50. The molecule has 1 rings (SSSR count). The molecule has 0 aromatic heterocycles. The quantitative estimate of drug-likeness (QED) is 0.179. The zero-order valence-electron chi connectivity index (χ0n) is 22.4. The van der Waals surface area contributed by atoms with E-state index in [0.29, 0.717) is 0 Å². The third-order valence-electron chi connectivity index (χ3n) is 4.61. The summed E-state index contributed by atoms with van der Waals surface area (Å²) in [5.74, 6) is -1.92. The number of rotatable bonds is 14. The normalized spacial score (nSPS) is 12.3. The van der Waals surface area contributed by atoms with E-state index in [0.717, 1.165) is 12.7 Å². The Balaban J connectivity index is 2.39. The molecule has 0 fully saturated rings. The summed E-state index contributed by atoms with van der Waals surface area (Å²) >= 11 is 0. The summed E-state index contributed by atoms with van der Waals surface area (Å²) in [5, 5.41) is 7.17. The first-order valence-electron chi connectivity index (χ1n) is 11.9. The molecule has 0 saturated carbocycles. The van der Waals surface area contributed by atoms with Gasteiger partial charge in [-0.05, 0) is 32.8 Å². The Bertz CT molecular complexity index is 918. The molecule has 0 bridgehead atoms. The summed E-state index contributed by atoms with van der Waals surface area (Å²) in [5.41, 5.74) is 0.0109. The van der Waals surface area contributed by atoms with Crippen molar-refractivity contribution in [3.63, 3.8) is 0 Å². The van der Waals surface area contributed by atoms with Crippen LogP contribution >= 0.6 is 0 Å². The molecule has 3 N–H and O–H groups in total. The summed E-state index contributed by atoms with van der Waals surface area (Å²) < 4.78 is 25.3. The second-order valence-electron chi connectivity index (χ2n) is 8.96. The van der Waals surface area contributed by atoms with Crippen LogP contribution in [-0.4, -0.2) is 81.7 Å². The van der Waals surface area contributed by atoms with Crippen LogP contribution in [0, 0.1) is 0 Å². The maximum Gasteiger partial charge on any atom is 0.408 e. The summed E-state index contributed by atoms with van der Waals surface area (Å²) in [6.07, 6.45) is -1.46. The molecule has 0 saturated heterocycles. The van der Waals surface area contributed by atoms with Crippen molar-refractivity contribution in [2.75, 3.05) is 34.0 Å². The van der Waals surface area contributed by atoms with E-state index >= 15 is 0 Å². The van der Waals surface area contributed by atoms with Crippen molar-refractivity contribution in [1.82, 2.24) is 16.0 Å². The highest BCUT2D eigenvalue weighted by Gasteiger charge is 2.26. The number of carbonyl (C=O) groups excluding carboxylic acids is 5. The molecule has 212 valence electrons. The van der Waals surface area contributed by atoms with Crippen molar-refractivity contribution in [1.29, 1.82) is 0 Å². The number of alkyl carbamates (subject to hydrolysis) is 2. The molecule has 0 aliphatic carbocycles. The van der Waals surface area contributed by atoms with E-state index in [1.165, 1.54) is 7.05 Å². The van der Waals surface area contributed by atoms with Crippen LogP contribution in [0.3, 0.4) is 0 Å². The first-order chi connectivity index (χ1) is 17.9. The van der Waals surface area contributed by atoms with Gasteiger partial charge in [-0.25, -0.2) is 14.4 Å². The number of nitrogens with one attached hydrogen (secondary N) is 3. The zero-order chi connectivity index (χ0) is 28.6. The smallest absolute Gasteiger partial charge is 0.408 e. The van der Waals surface area contributed by atoms with Crippen LogP contribution in [-0.2, 0) is 44.7 Å². The molecule has 13 nitrogen and oxygen atoms in total. The fourth-order valence-corrected chi connectivity index (χ4v) is 2.79. The number of esters is 2. The number of amides is 3. The maximum atomic E-state index is 12.1. The van der Waals surface area contributed by atoms with Gasteiger partial charge in [0.2, 0.25) is 5.91 Å². The van der Waals surface area contributed by atoms with Crippen LogP contribution in [0.4, 0.5) is 9.59 Å². The Morgan fingerprint density at radius 1 is 0.895 bits per heavy atom. The topological polar surface area (TPSA) is 168 Å². The molecule has 0 spiro atoms. The third-order valence-corrected chi connectivity index (χ3v) is 4.61. The Kier molecular flexibility index (Phi) is 14.2. The van der Waals surface area contributed by atoms with E-state index in [1.807, 2.05) is 18.2 Å². The standard InChI is InChI=1S/C25H37N3O10/c1-25(2,3)38-24(33)28-19(22(31)34-5)16-36-20(29)12-9-13-35-15-18(21(30)26-4)27-23(32)37-14-17-10-7-6-8-11-17/h6-8,10-11,18-19H,9,12-16H2,1-5H3,(H,26,30)(H,27,32)(H,28,33)/t18-,19-/m0/s1. The largest absolute Gasteiger partial charge is 0.467 e. The third kappa shape index (κ3) is 14.0. The molecule has 13 heteroatoms. The predicted octanol–water partition coefficient (Wildman–Crippen LogP) is 1.43. The predicted molar refractivity (Wildman–Crippen MR) is 134 cm³/mol. The minimum absolute atomic E-state index is 0.0419. The van der Waals surface area contributed by atoms with Crippen LogP contribution < -0.4 is 16.0 Å². The summed E-state index contributed by atoms with van der Waals surface area (Å²) in [4.78, 5) is 60.0. The molecular formula is C25H37N3O10. The Morgan fingerprint density at radius 2 is 1.55 bits per heavy atom. The van der Waals surface area contributed by atoms with Crippen molar-refractivity contribution in [3.05, 3.63) is 35.9 Å².